The molecule has 3 aromatic rings. The van der Waals surface area contributed by atoms with Gasteiger partial charge in [-0.2, -0.15) is 5.10 Å². The van der Waals surface area contributed by atoms with Crippen LogP contribution in [0.15, 0.2) is 23.0 Å². The smallest absolute Gasteiger partial charge is 0.340 e. The zero-order valence-corrected chi connectivity index (χ0v) is 13.5. The maximum Gasteiger partial charge on any atom is 0.340 e. The number of esters is 1. The second kappa shape index (κ2) is 5.83. The number of fused-ring (bicyclic) bond motifs is 1. The maximum atomic E-state index is 12.2. The number of aryl methyl sites for hydroxylation is 2. The standard InChI is InChI=1S/C16H18N4O3/c1-9(2)20-15-12(7-18-20)5-13(6-17-15)16(21)22-8-14-10(3)19-23-11(14)4/h5-7,9H,8H2,1-4H3. The highest BCUT2D eigenvalue weighted by molar-refractivity contribution is 5.92. The van der Waals surface area contributed by atoms with Crippen molar-refractivity contribution in [3.05, 3.63) is 41.0 Å². The predicted octanol–water partition coefficient (Wildman–Crippen LogP) is 2.97. The van der Waals surface area contributed by atoms with E-state index in [1.807, 2.05) is 25.5 Å². The number of nitrogens with zero attached hydrogens (tertiary/aromatic N) is 4. The van der Waals surface area contributed by atoms with Gasteiger partial charge in [0.25, 0.3) is 0 Å². The fraction of sp³-hybridized carbons (Fsp3) is 0.375. The molecule has 0 aliphatic rings. The molecular formula is C16H18N4O3. The fourth-order valence-corrected chi connectivity index (χ4v) is 2.36. The van der Waals surface area contributed by atoms with E-state index in [-0.39, 0.29) is 12.6 Å². The van der Waals surface area contributed by atoms with E-state index in [1.54, 1.807) is 19.2 Å². The van der Waals surface area contributed by atoms with Crippen molar-refractivity contribution < 1.29 is 14.1 Å². The van der Waals surface area contributed by atoms with Gasteiger partial charge in [0, 0.05) is 17.6 Å². The van der Waals surface area contributed by atoms with E-state index >= 15 is 0 Å². The minimum Gasteiger partial charge on any atom is -0.457 e. The highest BCUT2D eigenvalue weighted by Gasteiger charge is 2.15. The minimum atomic E-state index is -0.434. The third-order valence-electron chi connectivity index (χ3n) is 3.69. The Balaban J connectivity index is 1.79. The number of hydrogen-bond acceptors (Lipinski definition) is 6. The van der Waals surface area contributed by atoms with Crippen LogP contribution in [0.1, 0.15) is 47.3 Å². The van der Waals surface area contributed by atoms with Crippen LogP contribution in [0.5, 0.6) is 0 Å². The highest BCUT2D eigenvalue weighted by atomic mass is 16.5. The molecule has 7 nitrogen and oxygen atoms in total. The second-order valence-electron chi connectivity index (χ2n) is 5.70. The van der Waals surface area contributed by atoms with E-state index in [9.17, 15) is 4.79 Å². The van der Waals surface area contributed by atoms with Gasteiger partial charge < -0.3 is 9.26 Å². The molecule has 3 aromatic heterocycles. The zero-order chi connectivity index (χ0) is 16.6. The van der Waals surface area contributed by atoms with Crippen LogP contribution in [0.25, 0.3) is 11.0 Å². The largest absolute Gasteiger partial charge is 0.457 e. The van der Waals surface area contributed by atoms with E-state index in [1.165, 1.54) is 6.20 Å². The van der Waals surface area contributed by atoms with Crippen LogP contribution in [0.2, 0.25) is 0 Å². The Bertz CT molecular complexity index is 844. The normalized spacial score (nSPS) is 11.3. The second-order valence-corrected chi connectivity index (χ2v) is 5.70. The lowest BCUT2D eigenvalue weighted by Gasteiger charge is -2.07. The molecule has 23 heavy (non-hydrogen) atoms. The van der Waals surface area contributed by atoms with Crippen molar-refractivity contribution in [2.75, 3.05) is 0 Å². The molecule has 0 saturated heterocycles. The van der Waals surface area contributed by atoms with Gasteiger partial charge >= 0.3 is 5.97 Å². The summed E-state index contributed by atoms with van der Waals surface area (Å²) in [4.78, 5) is 16.5. The van der Waals surface area contributed by atoms with Crippen LogP contribution >= 0.6 is 0 Å². The summed E-state index contributed by atoms with van der Waals surface area (Å²) in [6.45, 7) is 7.79. The molecule has 0 aliphatic carbocycles. The maximum absolute atomic E-state index is 12.2. The van der Waals surface area contributed by atoms with Crippen LogP contribution in [0, 0.1) is 13.8 Å². The number of pyridine rings is 1. The van der Waals surface area contributed by atoms with Crippen molar-refractivity contribution in [3.8, 4) is 0 Å². The van der Waals surface area contributed by atoms with Crippen LogP contribution in [-0.4, -0.2) is 25.9 Å². The molecule has 120 valence electrons. The van der Waals surface area contributed by atoms with Crippen molar-refractivity contribution in [2.24, 2.45) is 0 Å². The molecule has 7 heteroatoms. The SMILES string of the molecule is Cc1noc(C)c1COC(=O)c1cnc2c(cnn2C(C)C)c1. The Hall–Kier alpha value is -2.70. The first-order chi connectivity index (χ1) is 11.0. The molecule has 0 unspecified atom stereocenters. The third kappa shape index (κ3) is 2.81. The van der Waals surface area contributed by atoms with Crippen LogP contribution in [0.4, 0.5) is 0 Å². The zero-order valence-electron chi connectivity index (χ0n) is 13.5. The van der Waals surface area contributed by atoms with Gasteiger partial charge in [0.1, 0.15) is 12.4 Å². The molecule has 0 radical (unpaired) electrons. The van der Waals surface area contributed by atoms with Crippen molar-refractivity contribution >= 4 is 17.0 Å². The lowest BCUT2D eigenvalue weighted by Crippen LogP contribution is -2.07. The number of carbonyl (C=O) groups excluding carboxylic acids is 1. The van der Waals surface area contributed by atoms with E-state index in [0.29, 0.717) is 11.3 Å². The Morgan fingerprint density at radius 2 is 2.13 bits per heavy atom. The lowest BCUT2D eigenvalue weighted by molar-refractivity contribution is 0.0470. The van der Waals surface area contributed by atoms with Crippen molar-refractivity contribution in [1.82, 2.24) is 19.9 Å². The quantitative estimate of drug-likeness (QED) is 0.688. The van der Waals surface area contributed by atoms with Crippen molar-refractivity contribution in [3.63, 3.8) is 0 Å². The van der Waals surface area contributed by atoms with Gasteiger partial charge in [-0.3, -0.25) is 0 Å². The Morgan fingerprint density at radius 1 is 1.35 bits per heavy atom. The van der Waals surface area contributed by atoms with Gasteiger partial charge in [0.2, 0.25) is 0 Å². The average molecular weight is 314 g/mol. The van der Waals surface area contributed by atoms with E-state index in [4.69, 9.17) is 9.26 Å². The monoisotopic (exact) mass is 314 g/mol. The summed E-state index contributed by atoms with van der Waals surface area (Å²) in [5.74, 6) is 0.221. The van der Waals surface area contributed by atoms with Crippen molar-refractivity contribution in [1.29, 1.82) is 0 Å². The summed E-state index contributed by atoms with van der Waals surface area (Å²) in [6.07, 6.45) is 3.21. The number of ether oxygens (including phenoxy) is 1. The number of carbonyl (C=O) groups is 1. The van der Waals surface area contributed by atoms with Gasteiger partial charge in [0.05, 0.1) is 23.0 Å². The fourth-order valence-electron chi connectivity index (χ4n) is 2.36. The van der Waals surface area contributed by atoms with Gasteiger partial charge in [-0.25, -0.2) is 14.5 Å². The predicted molar refractivity (Wildman–Crippen MR) is 83.0 cm³/mol. The topological polar surface area (TPSA) is 83.0 Å². The molecule has 0 N–H and O–H groups in total. The molecular weight excluding hydrogens is 296 g/mol. The minimum absolute atomic E-state index is 0.128. The van der Waals surface area contributed by atoms with Crippen LogP contribution < -0.4 is 0 Å². The first-order valence-corrected chi connectivity index (χ1v) is 7.39. The molecule has 0 fully saturated rings. The molecule has 0 aromatic carbocycles. The first kappa shape index (κ1) is 15.2. The molecule has 0 spiro atoms. The molecule has 0 amide bonds. The summed E-state index contributed by atoms with van der Waals surface area (Å²) >= 11 is 0. The third-order valence-corrected chi connectivity index (χ3v) is 3.69. The molecule has 3 rings (SSSR count). The molecule has 0 aliphatic heterocycles. The Kier molecular flexibility index (Phi) is 3.85. The highest BCUT2D eigenvalue weighted by Crippen LogP contribution is 2.18. The Morgan fingerprint density at radius 3 is 2.78 bits per heavy atom. The average Bonchev–Trinajstić information content (AvgIpc) is 3.08. The number of aromatic nitrogens is 4. The first-order valence-electron chi connectivity index (χ1n) is 7.39. The number of rotatable bonds is 4. The van der Waals surface area contributed by atoms with E-state index in [0.717, 1.165) is 22.3 Å². The summed E-state index contributed by atoms with van der Waals surface area (Å²) in [5, 5.41) is 8.93. The summed E-state index contributed by atoms with van der Waals surface area (Å²) in [7, 11) is 0. The van der Waals surface area contributed by atoms with Crippen LogP contribution in [-0.2, 0) is 11.3 Å². The van der Waals surface area contributed by atoms with Gasteiger partial charge in [-0.05, 0) is 33.8 Å². The molecule has 3 heterocycles. The molecule has 0 bridgehead atoms. The van der Waals surface area contributed by atoms with Crippen molar-refractivity contribution in [2.45, 2.75) is 40.3 Å². The van der Waals surface area contributed by atoms with E-state index < -0.39 is 5.97 Å². The van der Waals surface area contributed by atoms with E-state index in [2.05, 4.69) is 15.2 Å². The van der Waals surface area contributed by atoms with Gasteiger partial charge in [0.15, 0.2) is 5.65 Å². The van der Waals surface area contributed by atoms with Crippen LogP contribution in [0.3, 0.4) is 0 Å². The summed E-state index contributed by atoms with van der Waals surface area (Å²) < 4.78 is 12.2. The van der Waals surface area contributed by atoms with Gasteiger partial charge in [-0.15, -0.1) is 0 Å². The Labute approximate surface area is 133 Å². The lowest BCUT2D eigenvalue weighted by atomic mass is 10.2. The van der Waals surface area contributed by atoms with Gasteiger partial charge in [-0.1, -0.05) is 5.16 Å². The number of hydrogen-bond donors (Lipinski definition) is 0. The molecule has 0 saturated carbocycles. The summed E-state index contributed by atoms with van der Waals surface area (Å²) in [6, 6.07) is 1.95. The summed E-state index contributed by atoms with van der Waals surface area (Å²) in [5.41, 5.74) is 2.66. The molecule has 0 atom stereocenters.